The van der Waals surface area contributed by atoms with Crippen molar-refractivity contribution in [2.75, 3.05) is 26.6 Å². The molecule has 5 nitrogen and oxygen atoms in total. The lowest BCUT2D eigenvalue weighted by Crippen LogP contribution is -2.13. The standard InChI is InChI=1S/C17H19NO4/c1-11-6-5-7-12(8-11)17(19)18-16-14(21-3)9-13(20-2)10-15(16)22-4/h5-10H,1-4H3,(H,18,19). The average Bonchev–Trinajstić information content (AvgIpc) is 2.54. The summed E-state index contributed by atoms with van der Waals surface area (Å²) in [6.07, 6.45) is 0. The van der Waals surface area contributed by atoms with E-state index in [0.29, 0.717) is 28.5 Å². The summed E-state index contributed by atoms with van der Waals surface area (Å²) in [4.78, 5) is 12.4. The van der Waals surface area contributed by atoms with Crippen molar-refractivity contribution in [1.82, 2.24) is 0 Å². The predicted octanol–water partition coefficient (Wildman–Crippen LogP) is 3.27. The maximum absolute atomic E-state index is 12.4. The first-order valence-corrected chi connectivity index (χ1v) is 6.77. The summed E-state index contributed by atoms with van der Waals surface area (Å²) in [5.74, 6) is 1.29. The Morgan fingerprint density at radius 1 is 0.955 bits per heavy atom. The Hall–Kier alpha value is -2.69. The average molecular weight is 301 g/mol. The molecule has 0 atom stereocenters. The first-order chi connectivity index (χ1) is 10.6. The summed E-state index contributed by atoms with van der Waals surface area (Å²) in [5, 5.41) is 2.83. The van der Waals surface area contributed by atoms with Crippen molar-refractivity contribution in [3.63, 3.8) is 0 Å². The van der Waals surface area contributed by atoms with E-state index in [0.717, 1.165) is 5.56 Å². The maximum Gasteiger partial charge on any atom is 0.255 e. The summed E-state index contributed by atoms with van der Waals surface area (Å²) in [6.45, 7) is 1.94. The van der Waals surface area contributed by atoms with Gasteiger partial charge in [-0.15, -0.1) is 0 Å². The summed E-state index contributed by atoms with van der Waals surface area (Å²) in [6, 6.07) is 10.7. The van der Waals surface area contributed by atoms with Gasteiger partial charge in [-0.25, -0.2) is 0 Å². The first-order valence-electron chi connectivity index (χ1n) is 6.77. The zero-order valence-electron chi connectivity index (χ0n) is 13.1. The lowest BCUT2D eigenvalue weighted by molar-refractivity contribution is 0.102. The lowest BCUT2D eigenvalue weighted by atomic mass is 10.1. The van der Waals surface area contributed by atoms with Gasteiger partial charge in [0.1, 0.15) is 22.9 Å². The minimum atomic E-state index is -0.231. The number of ether oxygens (including phenoxy) is 3. The molecule has 0 aliphatic rings. The molecule has 5 heteroatoms. The molecule has 1 N–H and O–H groups in total. The SMILES string of the molecule is COc1cc(OC)c(NC(=O)c2cccc(C)c2)c(OC)c1. The van der Waals surface area contributed by atoms with E-state index < -0.39 is 0 Å². The molecular weight excluding hydrogens is 282 g/mol. The third kappa shape index (κ3) is 3.31. The summed E-state index contributed by atoms with van der Waals surface area (Å²) in [5.41, 5.74) is 2.05. The van der Waals surface area contributed by atoms with Gasteiger partial charge >= 0.3 is 0 Å². The fourth-order valence-corrected chi connectivity index (χ4v) is 2.10. The normalized spacial score (nSPS) is 10.0. The second-order valence-electron chi connectivity index (χ2n) is 4.73. The first kappa shape index (κ1) is 15.7. The molecule has 2 aromatic carbocycles. The Balaban J connectivity index is 2.37. The van der Waals surface area contributed by atoms with Crippen LogP contribution in [0.1, 0.15) is 15.9 Å². The third-order valence-electron chi connectivity index (χ3n) is 3.23. The van der Waals surface area contributed by atoms with Crippen LogP contribution in [-0.2, 0) is 0 Å². The van der Waals surface area contributed by atoms with Gasteiger partial charge in [0.15, 0.2) is 0 Å². The van der Waals surface area contributed by atoms with E-state index in [-0.39, 0.29) is 5.91 Å². The topological polar surface area (TPSA) is 56.8 Å². The van der Waals surface area contributed by atoms with Crippen LogP contribution in [0.4, 0.5) is 5.69 Å². The molecule has 1 amide bonds. The number of rotatable bonds is 5. The highest BCUT2D eigenvalue weighted by molar-refractivity contribution is 6.06. The van der Waals surface area contributed by atoms with Crippen LogP contribution in [0.3, 0.4) is 0 Å². The maximum atomic E-state index is 12.4. The molecule has 2 aromatic rings. The molecule has 0 aliphatic carbocycles. The molecule has 0 spiro atoms. The molecule has 0 saturated heterocycles. The molecule has 0 aromatic heterocycles. The van der Waals surface area contributed by atoms with E-state index in [1.807, 2.05) is 25.1 Å². The minimum absolute atomic E-state index is 0.231. The number of amides is 1. The zero-order valence-corrected chi connectivity index (χ0v) is 13.1. The molecule has 0 fully saturated rings. The van der Waals surface area contributed by atoms with Crippen molar-refractivity contribution < 1.29 is 19.0 Å². The fourth-order valence-electron chi connectivity index (χ4n) is 2.10. The van der Waals surface area contributed by atoms with Gasteiger partial charge in [0.2, 0.25) is 0 Å². The van der Waals surface area contributed by atoms with E-state index in [2.05, 4.69) is 5.32 Å². The highest BCUT2D eigenvalue weighted by Gasteiger charge is 2.16. The van der Waals surface area contributed by atoms with Crippen molar-refractivity contribution in [2.24, 2.45) is 0 Å². The molecule has 0 radical (unpaired) electrons. The van der Waals surface area contributed by atoms with Crippen LogP contribution in [0, 0.1) is 6.92 Å². The number of methoxy groups -OCH3 is 3. The molecule has 116 valence electrons. The Labute approximate surface area is 129 Å². The number of hydrogen-bond acceptors (Lipinski definition) is 4. The Morgan fingerprint density at radius 3 is 2.09 bits per heavy atom. The van der Waals surface area contributed by atoms with Gasteiger partial charge in [-0.1, -0.05) is 17.7 Å². The van der Waals surface area contributed by atoms with Crippen LogP contribution in [0.2, 0.25) is 0 Å². The van der Waals surface area contributed by atoms with Crippen LogP contribution in [0.15, 0.2) is 36.4 Å². The summed E-state index contributed by atoms with van der Waals surface area (Å²) in [7, 11) is 4.60. The smallest absolute Gasteiger partial charge is 0.255 e. The van der Waals surface area contributed by atoms with E-state index in [1.165, 1.54) is 14.2 Å². The number of benzene rings is 2. The third-order valence-corrected chi connectivity index (χ3v) is 3.23. The van der Waals surface area contributed by atoms with Crippen LogP contribution in [0.5, 0.6) is 17.2 Å². The van der Waals surface area contributed by atoms with Gasteiger partial charge in [-0.2, -0.15) is 0 Å². The minimum Gasteiger partial charge on any atom is -0.496 e. The Morgan fingerprint density at radius 2 is 1.59 bits per heavy atom. The van der Waals surface area contributed by atoms with Crippen LogP contribution in [-0.4, -0.2) is 27.2 Å². The monoisotopic (exact) mass is 301 g/mol. The second-order valence-corrected chi connectivity index (χ2v) is 4.73. The Kier molecular flexibility index (Phi) is 4.88. The molecule has 2 rings (SSSR count). The highest BCUT2D eigenvalue weighted by atomic mass is 16.5. The number of hydrogen-bond donors (Lipinski definition) is 1. The van der Waals surface area contributed by atoms with E-state index in [9.17, 15) is 4.79 Å². The highest BCUT2D eigenvalue weighted by Crippen LogP contribution is 2.39. The number of nitrogens with one attached hydrogen (secondary N) is 1. The second kappa shape index (κ2) is 6.85. The van der Waals surface area contributed by atoms with Crippen LogP contribution < -0.4 is 19.5 Å². The van der Waals surface area contributed by atoms with Crippen molar-refractivity contribution in [3.8, 4) is 17.2 Å². The van der Waals surface area contributed by atoms with Crippen molar-refractivity contribution in [2.45, 2.75) is 6.92 Å². The van der Waals surface area contributed by atoms with Gasteiger partial charge < -0.3 is 19.5 Å². The quantitative estimate of drug-likeness (QED) is 0.921. The van der Waals surface area contributed by atoms with Gasteiger partial charge in [0, 0.05) is 17.7 Å². The number of carbonyl (C=O) groups excluding carboxylic acids is 1. The molecular formula is C17H19NO4. The summed E-state index contributed by atoms with van der Waals surface area (Å²) < 4.78 is 15.8. The predicted molar refractivity (Wildman–Crippen MR) is 85.2 cm³/mol. The fraction of sp³-hybridized carbons (Fsp3) is 0.235. The van der Waals surface area contributed by atoms with Gasteiger partial charge in [0.25, 0.3) is 5.91 Å². The largest absolute Gasteiger partial charge is 0.496 e. The number of carbonyl (C=O) groups is 1. The van der Waals surface area contributed by atoms with Crippen LogP contribution >= 0.6 is 0 Å². The number of anilines is 1. The molecule has 0 bridgehead atoms. The number of aryl methyl sites for hydroxylation is 1. The van der Waals surface area contributed by atoms with Gasteiger partial charge in [0.05, 0.1) is 21.3 Å². The molecule has 0 saturated carbocycles. The summed E-state index contributed by atoms with van der Waals surface area (Å²) >= 11 is 0. The van der Waals surface area contributed by atoms with E-state index in [4.69, 9.17) is 14.2 Å². The van der Waals surface area contributed by atoms with Crippen molar-refractivity contribution in [3.05, 3.63) is 47.5 Å². The molecule has 0 heterocycles. The molecule has 22 heavy (non-hydrogen) atoms. The lowest BCUT2D eigenvalue weighted by Gasteiger charge is -2.16. The van der Waals surface area contributed by atoms with E-state index in [1.54, 1.807) is 25.3 Å². The van der Waals surface area contributed by atoms with Gasteiger partial charge in [-0.3, -0.25) is 4.79 Å². The zero-order chi connectivity index (χ0) is 16.1. The van der Waals surface area contributed by atoms with Crippen molar-refractivity contribution in [1.29, 1.82) is 0 Å². The van der Waals surface area contributed by atoms with Crippen molar-refractivity contribution >= 4 is 11.6 Å². The molecule has 0 aliphatic heterocycles. The molecule has 0 unspecified atom stereocenters. The Bertz CT molecular complexity index is 657. The van der Waals surface area contributed by atoms with Gasteiger partial charge in [-0.05, 0) is 19.1 Å². The van der Waals surface area contributed by atoms with Crippen LogP contribution in [0.25, 0.3) is 0 Å². The van der Waals surface area contributed by atoms with E-state index >= 15 is 0 Å².